The molecule has 1 atom stereocenters. The van der Waals surface area contributed by atoms with Crippen molar-refractivity contribution < 1.29 is 14.6 Å². The lowest BCUT2D eigenvalue weighted by molar-refractivity contribution is -0.172. The minimum atomic E-state index is -1.81. The van der Waals surface area contributed by atoms with Crippen molar-refractivity contribution in [2.75, 3.05) is 0 Å². The SMILES string of the molecule is CCc1ccc(Br)c2cc3c(nc12)-c1cc2c(c(=O)n1C3)COC(=O)[C@]2(O)CC. The van der Waals surface area contributed by atoms with E-state index in [-0.39, 0.29) is 18.6 Å². The van der Waals surface area contributed by atoms with Gasteiger partial charge in [-0.3, -0.25) is 4.79 Å². The normalized spacial score (nSPS) is 19.7. The predicted octanol–water partition coefficient (Wildman–Crippen LogP) is 3.40. The molecule has 5 rings (SSSR count). The highest BCUT2D eigenvalue weighted by Gasteiger charge is 2.45. The van der Waals surface area contributed by atoms with Gasteiger partial charge in [-0.1, -0.05) is 35.8 Å². The fraction of sp³-hybridized carbons (Fsp3) is 0.318. The maximum Gasteiger partial charge on any atom is 0.343 e. The van der Waals surface area contributed by atoms with Gasteiger partial charge in [-0.2, -0.15) is 0 Å². The van der Waals surface area contributed by atoms with Crippen LogP contribution >= 0.6 is 15.9 Å². The number of pyridine rings is 2. The van der Waals surface area contributed by atoms with Crippen LogP contribution < -0.4 is 5.56 Å². The molecule has 4 heterocycles. The van der Waals surface area contributed by atoms with Gasteiger partial charge in [0, 0.05) is 21.0 Å². The summed E-state index contributed by atoms with van der Waals surface area (Å²) in [5, 5.41) is 12.0. The van der Waals surface area contributed by atoms with Gasteiger partial charge in [0.2, 0.25) is 0 Å². The van der Waals surface area contributed by atoms with E-state index in [0.717, 1.165) is 38.6 Å². The molecule has 0 fully saturated rings. The van der Waals surface area contributed by atoms with E-state index in [0.29, 0.717) is 23.4 Å². The third kappa shape index (κ3) is 2.40. The Morgan fingerprint density at radius 1 is 1.28 bits per heavy atom. The van der Waals surface area contributed by atoms with Gasteiger partial charge < -0.3 is 14.4 Å². The van der Waals surface area contributed by atoms with Crippen LogP contribution in [0.1, 0.15) is 42.5 Å². The first-order chi connectivity index (χ1) is 13.9. The summed E-state index contributed by atoms with van der Waals surface area (Å²) in [4.78, 5) is 30.4. The Morgan fingerprint density at radius 2 is 2.07 bits per heavy atom. The number of hydrogen-bond acceptors (Lipinski definition) is 5. The van der Waals surface area contributed by atoms with Crippen molar-refractivity contribution in [3.8, 4) is 11.4 Å². The Bertz CT molecular complexity index is 1280. The van der Waals surface area contributed by atoms with Gasteiger partial charge in [0.1, 0.15) is 6.61 Å². The molecular weight excluding hydrogens is 436 g/mol. The molecule has 3 aromatic rings. The molecule has 29 heavy (non-hydrogen) atoms. The molecular formula is C22H19BrN2O4. The summed E-state index contributed by atoms with van der Waals surface area (Å²) in [5.41, 5.74) is 2.95. The number of aromatic nitrogens is 2. The van der Waals surface area contributed by atoms with Crippen LogP contribution in [0.25, 0.3) is 22.3 Å². The van der Waals surface area contributed by atoms with Crippen LogP contribution in [0.5, 0.6) is 0 Å². The molecule has 0 radical (unpaired) electrons. The number of halogens is 1. The quantitative estimate of drug-likeness (QED) is 0.469. The molecule has 2 aromatic heterocycles. The second-order valence-corrected chi connectivity index (χ2v) is 8.41. The molecule has 2 aliphatic heterocycles. The highest BCUT2D eigenvalue weighted by molar-refractivity contribution is 9.10. The Balaban J connectivity index is 1.82. The number of benzene rings is 1. The first-order valence-corrected chi connectivity index (χ1v) is 10.5. The number of nitrogens with zero attached hydrogens (tertiary/aromatic N) is 2. The molecule has 1 N–H and O–H groups in total. The van der Waals surface area contributed by atoms with Crippen molar-refractivity contribution in [2.24, 2.45) is 0 Å². The fourth-order valence-corrected chi connectivity index (χ4v) is 4.81. The van der Waals surface area contributed by atoms with E-state index in [1.165, 1.54) is 0 Å². The Hall–Kier alpha value is -2.51. The second-order valence-electron chi connectivity index (χ2n) is 7.56. The molecule has 0 amide bonds. The Kier molecular flexibility index (Phi) is 3.98. The standard InChI is InChI=1S/C22H19BrN2O4/c1-3-11-5-6-16(23)13-7-12-9-25-17(19(12)24-18(11)13)8-15-14(20(25)26)10-29-21(27)22(15,28)4-2/h5-8,28H,3-4,9-10H2,1-2H3/t22-/m0/s1. The number of ether oxygens (including phenoxy) is 1. The van der Waals surface area contributed by atoms with E-state index in [1.54, 1.807) is 17.6 Å². The molecule has 0 spiro atoms. The molecule has 148 valence electrons. The highest BCUT2D eigenvalue weighted by atomic mass is 79.9. The van der Waals surface area contributed by atoms with Crippen molar-refractivity contribution in [3.05, 3.63) is 61.3 Å². The van der Waals surface area contributed by atoms with Gasteiger partial charge in [0.25, 0.3) is 5.56 Å². The highest BCUT2D eigenvalue weighted by Crippen LogP contribution is 2.39. The molecule has 0 unspecified atom stereocenters. The summed E-state index contributed by atoms with van der Waals surface area (Å²) in [5.74, 6) is -0.709. The molecule has 0 saturated heterocycles. The number of aliphatic hydroxyl groups is 1. The maximum atomic E-state index is 13.2. The third-order valence-electron chi connectivity index (χ3n) is 6.09. The molecule has 2 aliphatic rings. The molecule has 0 bridgehead atoms. The lowest BCUT2D eigenvalue weighted by atomic mass is 9.86. The van der Waals surface area contributed by atoms with Gasteiger partial charge in [-0.15, -0.1) is 0 Å². The van der Waals surface area contributed by atoms with Crippen molar-refractivity contribution >= 4 is 32.8 Å². The first-order valence-electron chi connectivity index (χ1n) is 9.67. The van der Waals surface area contributed by atoms with Crippen molar-refractivity contribution in [3.63, 3.8) is 0 Å². The molecule has 0 aliphatic carbocycles. The number of hydrogen-bond donors (Lipinski definition) is 1. The molecule has 1 aromatic carbocycles. The molecule has 6 nitrogen and oxygen atoms in total. The zero-order valence-corrected chi connectivity index (χ0v) is 17.7. The summed E-state index contributed by atoms with van der Waals surface area (Å²) < 4.78 is 7.73. The van der Waals surface area contributed by atoms with Gasteiger partial charge in [-0.25, -0.2) is 9.78 Å². The monoisotopic (exact) mass is 454 g/mol. The second kappa shape index (κ2) is 6.24. The number of carbonyl (C=O) groups is 1. The number of carbonyl (C=O) groups excluding carboxylic acids is 1. The van der Waals surface area contributed by atoms with E-state index in [1.807, 2.05) is 12.1 Å². The Labute approximate surface area is 175 Å². The predicted molar refractivity (Wildman–Crippen MR) is 112 cm³/mol. The van der Waals surface area contributed by atoms with E-state index >= 15 is 0 Å². The summed E-state index contributed by atoms with van der Waals surface area (Å²) in [6, 6.07) is 7.88. The summed E-state index contributed by atoms with van der Waals surface area (Å²) in [6.07, 6.45) is 0.973. The summed E-state index contributed by atoms with van der Waals surface area (Å²) in [7, 11) is 0. The average molecular weight is 455 g/mol. The largest absolute Gasteiger partial charge is 0.458 e. The summed E-state index contributed by atoms with van der Waals surface area (Å²) in [6.45, 7) is 4.07. The number of rotatable bonds is 2. The fourth-order valence-electron chi connectivity index (χ4n) is 4.37. The summed E-state index contributed by atoms with van der Waals surface area (Å²) >= 11 is 3.61. The van der Waals surface area contributed by atoms with Crippen molar-refractivity contribution in [1.29, 1.82) is 0 Å². The minimum absolute atomic E-state index is 0.118. The average Bonchev–Trinajstić information content (AvgIpc) is 3.09. The van der Waals surface area contributed by atoms with Gasteiger partial charge >= 0.3 is 5.97 Å². The van der Waals surface area contributed by atoms with E-state index < -0.39 is 11.6 Å². The maximum absolute atomic E-state index is 13.2. The van der Waals surface area contributed by atoms with E-state index in [2.05, 4.69) is 28.9 Å². The van der Waals surface area contributed by atoms with Gasteiger partial charge in [0.05, 0.1) is 29.0 Å². The minimum Gasteiger partial charge on any atom is -0.458 e. The van der Waals surface area contributed by atoms with Crippen LogP contribution in [0.15, 0.2) is 33.5 Å². The van der Waals surface area contributed by atoms with Crippen LogP contribution in [-0.2, 0) is 34.7 Å². The van der Waals surface area contributed by atoms with Crippen LogP contribution in [0.2, 0.25) is 0 Å². The Morgan fingerprint density at radius 3 is 2.79 bits per heavy atom. The van der Waals surface area contributed by atoms with Crippen LogP contribution in [0.3, 0.4) is 0 Å². The third-order valence-corrected chi connectivity index (χ3v) is 6.78. The smallest absolute Gasteiger partial charge is 0.343 e. The number of cyclic esters (lactones) is 1. The lowest BCUT2D eigenvalue weighted by Crippen LogP contribution is -2.44. The molecule has 0 saturated carbocycles. The zero-order valence-electron chi connectivity index (χ0n) is 16.1. The van der Waals surface area contributed by atoms with Gasteiger partial charge in [0.15, 0.2) is 5.60 Å². The first kappa shape index (κ1) is 18.5. The van der Waals surface area contributed by atoms with Gasteiger partial charge in [-0.05, 0) is 36.6 Å². The van der Waals surface area contributed by atoms with Crippen LogP contribution in [-0.4, -0.2) is 20.6 Å². The van der Waals surface area contributed by atoms with Crippen molar-refractivity contribution in [1.82, 2.24) is 9.55 Å². The zero-order chi connectivity index (χ0) is 20.5. The van der Waals surface area contributed by atoms with Crippen LogP contribution in [0.4, 0.5) is 0 Å². The molecule has 7 heteroatoms. The number of fused-ring (bicyclic) bond motifs is 5. The number of aryl methyl sites for hydroxylation is 1. The van der Waals surface area contributed by atoms with Crippen molar-refractivity contribution in [2.45, 2.75) is 45.4 Å². The number of esters is 1. The topological polar surface area (TPSA) is 81.4 Å². The van der Waals surface area contributed by atoms with E-state index in [9.17, 15) is 14.7 Å². The lowest BCUT2D eigenvalue weighted by Gasteiger charge is -2.31. The van der Waals surface area contributed by atoms with E-state index in [4.69, 9.17) is 9.72 Å². The van der Waals surface area contributed by atoms with Crippen LogP contribution in [0, 0.1) is 0 Å².